The van der Waals surface area contributed by atoms with Gasteiger partial charge < -0.3 is 10.1 Å². The average molecular weight is 345 g/mol. The van der Waals surface area contributed by atoms with Crippen molar-refractivity contribution in [2.24, 2.45) is 0 Å². The minimum atomic E-state index is -0.507. The first-order valence-electron chi connectivity index (χ1n) is 7.60. The van der Waals surface area contributed by atoms with Crippen LogP contribution >= 0.6 is 11.3 Å². The van der Waals surface area contributed by atoms with Crippen molar-refractivity contribution in [2.75, 3.05) is 6.54 Å². The minimum absolute atomic E-state index is 0.0573. The van der Waals surface area contributed by atoms with Crippen LogP contribution in [0.25, 0.3) is 0 Å². The van der Waals surface area contributed by atoms with Crippen LogP contribution in [-0.2, 0) is 20.9 Å². The number of amides is 1. The first-order valence-corrected chi connectivity index (χ1v) is 8.42. The Morgan fingerprint density at radius 2 is 1.79 bits per heavy atom. The summed E-state index contributed by atoms with van der Waals surface area (Å²) in [6.45, 7) is 1.90. The predicted molar refractivity (Wildman–Crippen MR) is 91.9 cm³/mol. The Hall–Kier alpha value is -2.47. The number of benzene rings is 1. The van der Waals surface area contributed by atoms with Gasteiger partial charge in [0.05, 0.1) is 4.88 Å². The highest BCUT2D eigenvalue weighted by Gasteiger charge is 2.12. The molecule has 5 nitrogen and oxygen atoms in total. The van der Waals surface area contributed by atoms with E-state index < -0.39 is 5.97 Å². The standard InChI is InChI=1S/C18H19NO4S/c1-13-7-9-16(24-13)15(20)8-10-17(21)19-11-18(22)23-12-14-5-3-2-4-6-14/h2-7,9H,8,10-12H2,1H3,(H,19,21). The molecule has 0 aliphatic carbocycles. The molecular weight excluding hydrogens is 326 g/mol. The molecule has 1 aromatic heterocycles. The Bertz CT molecular complexity index is 709. The van der Waals surface area contributed by atoms with E-state index in [1.165, 1.54) is 11.3 Å². The van der Waals surface area contributed by atoms with Crippen LogP contribution in [0.4, 0.5) is 0 Å². The third-order valence-electron chi connectivity index (χ3n) is 3.27. The molecule has 0 unspecified atom stereocenters. The second kappa shape index (κ2) is 8.98. The number of aryl methyl sites for hydroxylation is 1. The molecule has 1 N–H and O–H groups in total. The van der Waals surface area contributed by atoms with E-state index in [9.17, 15) is 14.4 Å². The van der Waals surface area contributed by atoms with Gasteiger partial charge in [-0.2, -0.15) is 0 Å². The Morgan fingerprint density at radius 1 is 1.04 bits per heavy atom. The molecule has 0 atom stereocenters. The monoisotopic (exact) mass is 345 g/mol. The maximum atomic E-state index is 11.9. The first kappa shape index (κ1) is 17.9. The van der Waals surface area contributed by atoms with Gasteiger partial charge in [0.2, 0.25) is 5.91 Å². The normalized spacial score (nSPS) is 10.2. The summed E-state index contributed by atoms with van der Waals surface area (Å²) in [4.78, 5) is 36.9. The molecule has 0 fully saturated rings. The maximum Gasteiger partial charge on any atom is 0.325 e. The van der Waals surface area contributed by atoms with Crippen LogP contribution < -0.4 is 5.32 Å². The SMILES string of the molecule is Cc1ccc(C(=O)CCC(=O)NCC(=O)OCc2ccccc2)s1. The molecular formula is C18H19NO4S. The lowest BCUT2D eigenvalue weighted by Crippen LogP contribution is -2.30. The number of hydrogen-bond donors (Lipinski definition) is 1. The topological polar surface area (TPSA) is 72.5 Å². The molecule has 24 heavy (non-hydrogen) atoms. The summed E-state index contributed by atoms with van der Waals surface area (Å²) >= 11 is 1.41. The molecule has 1 amide bonds. The van der Waals surface area contributed by atoms with Gasteiger partial charge in [0.15, 0.2) is 5.78 Å². The van der Waals surface area contributed by atoms with Gasteiger partial charge in [-0.15, -0.1) is 11.3 Å². The van der Waals surface area contributed by atoms with Gasteiger partial charge in [-0.3, -0.25) is 14.4 Å². The Morgan fingerprint density at radius 3 is 2.46 bits per heavy atom. The van der Waals surface area contributed by atoms with Gasteiger partial charge in [0, 0.05) is 17.7 Å². The highest BCUT2D eigenvalue weighted by atomic mass is 32.1. The summed E-state index contributed by atoms with van der Waals surface area (Å²) in [7, 11) is 0. The van der Waals surface area contributed by atoms with E-state index in [0.29, 0.717) is 4.88 Å². The minimum Gasteiger partial charge on any atom is -0.460 e. The quantitative estimate of drug-likeness (QED) is 0.590. The lowest BCUT2D eigenvalue weighted by Gasteiger charge is -2.06. The Balaban J connectivity index is 1.63. The van der Waals surface area contributed by atoms with E-state index in [1.807, 2.05) is 43.3 Å². The molecule has 0 radical (unpaired) electrons. The number of carbonyl (C=O) groups is 3. The summed E-state index contributed by atoms with van der Waals surface area (Å²) in [5.41, 5.74) is 0.883. The molecule has 1 heterocycles. The van der Waals surface area contributed by atoms with Gasteiger partial charge in [0.25, 0.3) is 0 Å². The van der Waals surface area contributed by atoms with Crippen LogP contribution in [0.5, 0.6) is 0 Å². The molecule has 0 aliphatic rings. The second-order valence-electron chi connectivity index (χ2n) is 5.26. The number of ketones is 1. The molecule has 2 aromatic rings. The van der Waals surface area contributed by atoms with Gasteiger partial charge in [0.1, 0.15) is 13.2 Å². The summed E-state index contributed by atoms with van der Waals surface area (Å²) < 4.78 is 5.06. The lowest BCUT2D eigenvalue weighted by molar-refractivity contribution is -0.145. The molecule has 0 aliphatic heterocycles. The van der Waals surface area contributed by atoms with Crippen LogP contribution in [0.2, 0.25) is 0 Å². The zero-order chi connectivity index (χ0) is 17.4. The third-order valence-corrected chi connectivity index (χ3v) is 4.31. The van der Waals surface area contributed by atoms with E-state index in [4.69, 9.17) is 4.74 Å². The van der Waals surface area contributed by atoms with Crippen molar-refractivity contribution in [2.45, 2.75) is 26.4 Å². The van der Waals surface area contributed by atoms with Crippen molar-refractivity contribution < 1.29 is 19.1 Å². The van der Waals surface area contributed by atoms with Crippen LogP contribution in [0, 0.1) is 6.92 Å². The number of carbonyl (C=O) groups excluding carboxylic acids is 3. The largest absolute Gasteiger partial charge is 0.460 e. The molecule has 6 heteroatoms. The van der Waals surface area contributed by atoms with Gasteiger partial charge >= 0.3 is 5.97 Å². The maximum absolute atomic E-state index is 11.9. The van der Waals surface area contributed by atoms with Crippen LogP contribution in [-0.4, -0.2) is 24.2 Å². The molecule has 0 saturated heterocycles. The number of hydrogen-bond acceptors (Lipinski definition) is 5. The fourth-order valence-electron chi connectivity index (χ4n) is 1.98. The Kier molecular flexibility index (Phi) is 6.69. The van der Waals surface area contributed by atoms with Crippen molar-refractivity contribution in [1.29, 1.82) is 0 Å². The second-order valence-corrected chi connectivity index (χ2v) is 6.54. The first-order chi connectivity index (χ1) is 11.5. The summed E-state index contributed by atoms with van der Waals surface area (Å²) in [5, 5.41) is 2.47. The fraction of sp³-hybridized carbons (Fsp3) is 0.278. The summed E-state index contributed by atoms with van der Waals surface area (Å²) in [6, 6.07) is 12.9. The molecule has 126 valence electrons. The van der Waals surface area contributed by atoms with E-state index in [1.54, 1.807) is 6.07 Å². The van der Waals surface area contributed by atoms with Crippen LogP contribution in [0.3, 0.4) is 0 Å². The summed E-state index contributed by atoms with van der Waals surface area (Å²) in [5.74, 6) is -0.907. The number of thiophene rings is 1. The van der Waals surface area contributed by atoms with Crippen molar-refractivity contribution in [1.82, 2.24) is 5.32 Å². The number of rotatable bonds is 8. The van der Waals surface area contributed by atoms with Crippen molar-refractivity contribution in [3.63, 3.8) is 0 Å². The average Bonchev–Trinajstić information content (AvgIpc) is 3.03. The molecule has 0 spiro atoms. The molecule has 1 aromatic carbocycles. The number of ether oxygens (including phenoxy) is 1. The zero-order valence-corrected chi connectivity index (χ0v) is 14.2. The smallest absolute Gasteiger partial charge is 0.325 e. The molecule has 2 rings (SSSR count). The van der Waals surface area contributed by atoms with Gasteiger partial charge in [-0.1, -0.05) is 30.3 Å². The molecule has 0 bridgehead atoms. The highest BCUT2D eigenvalue weighted by Crippen LogP contribution is 2.17. The van der Waals surface area contributed by atoms with Crippen LogP contribution in [0.1, 0.15) is 33.0 Å². The van der Waals surface area contributed by atoms with E-state index >= 15 is 0 Å². The fourth-order valence-corrected chi connectivity index (χ4v) is 2.82. The van der Waals surface area contributed by atoms with E-state index in [0.717, 1.165) is 10.4 Å². The number of nitrogens with one attached hydrogen (secondary N) is 1. The molecule has 0 saturated carbocycles. The number of esters is 1. The van der Waals surface area contributed by atoms with Gasteiger partial charge in [-0.25, -0.2) is 0 Å². The third kappa shape index (κ3) is 5.96. The van der Waals surface area contributed by atoms with Crippen molar-refractivity contribution in [3.05, 3.63) is 57.8 Å². The van der Waals surface area contributed by atoms with E-state index in [2.05, 4.69) is 5.32 Å². The predicted octanol–water partition coefficient (Wildman–Crippen LogP) is 2.88. The van der Waals surface area contributed by atoms with Gasteiger partial charge in [-0.05, 0) is 24.6 Å². The summed E-state index contributed by atoms with van der Waals surface area (Å²) in [6.07, 6.45) is 0.187. The lowest BCUT2D eigenvalue weighted by atomic mass is 10.2. The number of Topliss-reactive ketones (excluding diaryl/α,β-unsaturated/α-hetero) is 1. The zero-order valence-electron chi connectivity index (χ0n) is 13.4. The highest BCUT2D eigenvalue weighted by molar-refractivity contribution is 7.14. The van der Waals surface area contributed by atoms with E-state index in [-0.39, 0.29) is 37.7 Å². The Labute approximate surface area is 144 Å². The van der Waals surface area contributed by atoms with Crippen LogP contribution in [0.15, 0.2) is 42.5 Å². The van der Waals surface area contributed by atoms with Crippen molar-refractivity contribution in [3.8, 4) is 0 Å². The van der Waals surface area contributed by atoms with Crippen molar-refractivity contribution >= 4 is 29.0 Å².